The van der Waals surface area contributed by atoms with E-state index in [0.29, 0.717) is 10.6 Å². The predicted octanol–water partition coefficient (Wildman–Crippen LogP) is 3.24. The molecule has 0 atom stereocenters. The molecule has 2 aromatic rings. The number of thioether (sulfide) groups is 1. The fourth-order valence-electron chi connectivity index (χ4n) is 2.27. The number of hydrogen-bond acceptors (Lipinski definition) is 4. The average Bonchev–Trinajstić information content (AvgIpc) is 3.14. The molecule has 128 valence electrons. The third-order valence-corrected chi connectivity index (χ3v) is 4.85. The summed E-state index contributed by atoms with van der Waals surface area (Å²) in [6.45, 7) is 0.316. The third kappa shape index (κ3) is 4.21. The largest absolute Gasteiger partial charge is 0.356 e. The Balaban J connectivity index is 1.58. The lowest BCUT2D eigenvalue weighted by molar-refractivity contribution is -0.122. The molecule has 1 aromatic heterocycles. The normalized spacial score (nSPS) is 15.9. The Hall–Kier alpha value is -2.32. The fraction of sp³-hybridized carbons (Fsp3) is 0.118. The van der Waals surface area contributed by atoms with Crippen molar-refractivity contribution in [3.63, 3.8) is 0 Å². The quantitative estimate of drug-likeness (QED) is 0.728. The Labute approximate surface area is 156 Å². The number of benzene rings is 1. The van der Waals surface area contributed by atoms with Crippen LogP contribution < -0.4 is 5.32 Å². The summed E-state index contributed by atoms with van der Waals surface area (Å²) in [6.07, 6.45) is 3.35. The van der Waals surface area contributed by atoms with E-state index in [0.717, 1.165) is 26.7 Å². The molecule has 2 N–H and O–H groups in total. The van der Waals surface area contributed by atoms with Gasteiger partial charge < -0.3 is 10.3 Å². The number of aromatic amines is 1. The smallest absolute Gasteiger partial charge is 0.293 e. The molecule has 3 rings (SSSR count). The van der Waals surface area contributed by atoms with Gasteiger partial charge in [-0.25, -0.2) is 0 Å². The molecule has 0 spiro atoms. The van der Waals surface area contributed by atoms with Gasteiger partial charge in [0.1, 0.15) is 5.69 Å². The van der Waals surface area contributed by atoms with Crippen LogP contribution in [-0.2, 0) is 4.79 Å². The Morgan fingerprint density at radius 1 is 1.28 bits per heavy atom. The Morgan fingerprint density at radius 3 is 2.72 bits per heavy atom. The monoisotopic (exact) mass is 419 g/mol. The summed E-state index contributed by atoms with van der Waals surface area (Å²) in [4.78, 5) is 40.7. The lowest BCUT2D eigenvalue weighted by atomic mass is 10.2. The first-order chi connectivity index (χ1) is 12.0. The molecular weight excluding hydrogens is 406 g/mol. The predicted molar refractivity (Wildman–Crippen MR) is 99.9 cm³/mol. The maximum absolute atomic E-state index is 12.4. The van der Waals surface area contributed by atoms with E-state index < -0.39 is 0 Å². The molecule has 8 heteroatoms. The van der Waals surface area contributed by atoms with E-state index in [-0.39, 0.29) is 30.1 Å². The summed E-state index contributed by atoms with van der Waals surface area (Å²) in [5.41, 5.74) is 1.27. The SMILES string of the molecule is O=C(NCCN1C(=O)S/C(=C\c2ccccc2)C1=O)c1cc(Br)c[nH]1. The van der Waals surface area contributed by atoms with Gasteiger partial charge in [-0.15, -0.1) is 0 Å². The first kappa shape index (κ1) is 17.5. The second-order valence-corrected chi connectivity index (χ2v) is 7.14. The topological polar surface area (TPSA) is 82.3 Å². The van der Waals surface area contributed by atoms with Gasteiger partial charge in [0.15, 0.2) is 0 Å². The van der Waals surface area contributed by atoms with Gasteiger partial charge in [0.05, 0.1) is 4.91 Å². The minimum atomic E-state index is -0.337. The van der Waals surface area contributed by atoms with Crippen molar-refractivity contribution >= 4 is 50.8 Å². The molecule has 0 saturated carbocycles. The van der Waals surface area contributed by atoms with Crippen molar-refractivity contribution in [2.24, 2.45) is 0 Å². The molecule has 0 unspecified atom stereocenters. The van der Waals surface area contributed by atoms with E-state index in [2.05, 4.69) is 26.2 Å². The number of carbonyl (C=O) groups is 3. The molecule has 0 bridgehead atoms. The molecular formula is C17H14BrN3O3S. The second kappa shape index (κ2) is 7.71. The molecule has 1 aromatic carbocycles. The standard InChI is InChI=1S/C17H14BrN3O3S/c18-12-9-13(20-10-12)15(22)19-6-7-21-16(23)14(25-17(21)24)8-11-4-2-1-3-5-11/h1-5,8-10,20H,6-7H2,(H,19,22)/b14-8-. The van der Waals surface area contributed by atoms with Crippen molar-refractivity contribution in [1.82, 2.24) is 15.2 Å². The van der Waals surface area contributed by atoms with Gasteiger partial charge in [-0.3, -0.25) is 19.3 Å². The third-order valence-electron chi connectivity index (χ3n) is 3.48. The van der Waals surface area contributed by atoms with E-state index in [1.807, 2.05) is 30.3 Å². The summed E-state index contributed by atoms with van der Waals surface area (Å²) in [6, 6.07) is 11.0. The van der Waals surface area contributed by atoms with Crippen LogP contribution in [0, 0.1) is 0 Å². The van der Waals surface area contributed by atoms with Gasteiger partial charge >= 0.3 is 0 Å². The zero-order valence-corrected chi connectivity index (χ0v) is 15.4. The molecule has 1 aliphatic rings. The summed E-state index contributed by atoms with van der Waals surface area (Å²) < 4.78 is 0.773. The van der Waals surface area contributed by atoms with Gasteiger partial charge in [0, 0.05) is 23.8 Å². The molecule has 1 fully saturated rings. The van der Waals surface area contributed by atoms with Crippen molar-refractivity contribution in [1.29, 1.82) is 0 Å². The zero-order valence-electron chi connectivity index (χ0n) is 13.0. The summed E-state index contributed by atoms with van der Waals surface area (Å²) in [7, 11) is 0. The second-order valence-electron chi connectivity index (χ2n) is 5.23. The van der Waals surface area contributed by atoms with Crippen LogP contribution in [0.5, 0.6) is 0 Å². The molecule has 0 radical (unpaired) electrons. The van der Waals surface area contributed by atoms with Gasteiger partial charge in [0.2, 0.25) is 0 Å². The molecule has 0 aliphatic carbocycles. The average molecular weight is 420 g/mol. The molecule has 25 heavy (non-hydrogen) atoms. The number of nitrogens with zero attached hydrogens (tertiary/aromatic N) is 1. The lowest BCUT2D eigenvalue weighted by Crippen LogP contribution is -2.37. The summed E-state index contributed by atoms with van der Waals surface area (Å²) in [5.74, 6) is -0.631. The van der Waals surface area contributed by atoms with Crippen molar-refractivity contribution in [3.8, 4) is 0 Å². The van der Waals surface area contributed by atoms with E-state index in [1.54, 1.807) is 18.3 Å². The molecule has 6 nitrogen and oxygen atoms in total. The van der Waals surface area contributed by atoms with Crippen LogP contribution in [0.25, 0.3) is 6.08 Å². The molecule has 2 heterocycles. The van der Waals surface area contributed by atoms with Crippen molar-refractivity contribution in [2.45, 2.75) is 0 Å². The first-order valence-corrected chi connectivity index (χ1v) is 9.08. The molecule has 3 amide bonds. The number of aromatic nitrogens is 1. The van der Waals surface area contributed by atoms with Crippen LogP contribution in [0.15, 0.2) is 52.0 Å². The summed E-state index contributed by atoms with van der Waals surface area (Å²) in [5, 5.41) is 2.35. The minimum Gasteiger partial charge on any atom is -0.356 e. The maximum Gasteiger partial charge on any atom is 0.293 e. The van der Waals surface area contributed by atoms with Crippen LogP contribution in [0.1, 0.15) is 16.1 Å². The lowest BCUT2D eigenvalue weighted by Gasteiger charge is -2.12. The maximum atomic E-state index is 12.4. The van der Waals surface area contributed by atoms with Crippen LogP contribution in [0.4, 0.5) is 4.79 Å². The molecule has 1 aliphatic heterocycles. The number of rotatable bonds is 5. The number of H-pyrrole nitrogens is 1. The highest BCUT2D eigenvalue weighted by Crippen LogP contribution is 2.31. The van der Waals surface area contributed by atoms with Crippen LogP contribution in [-0.4, -0.2) is 40.0 Å². The van der Waals surface area contributed by atoms with E-state index in [1.165, 1.54) is 0 Å². The highest BCUT2D eigenvalue weighted by Gasteiger charge is 2.34. The van der Waals surface area contributed by atoms with Crippen molar-refractivity contribution < 1.29 is 14.4 Å². The fourth-order valence-corrected chi connectivity index (χ4v) is 3.48. The Kier molecular flexibility index (Phi) is 5.40. The number of halogens is 1. The summed E-state index contributed by atoms with van der Waals surface area (Å²) >= 11 is 4.16. The van der Waals surface area contributed by atoms with Gasteiger partial charge in [-0.2, -0.15) is 0 Å². The van der Waals surface area contributed by atoms with Gasteiger partial charge in [-0.05, 0) is 45.4 Å². The number of carbonyl (C=O) groups excluding carboxylic acids is 3. The number of amides is 3. The highest BCUT2D eigenvalue weighted by atomic mass is 79.9. The van der Waals surface area contributed by atoms with Crippen molar-refractivity contribution in [3.05, 3.63) is 63.2 Å². The van der Waals surface area contributed by atoms with E-state index in [9.17, 15) is 14.4 Å². The number of imide groups is 1. The Morgan fingerprint density at radius 2 is 2.04 bits per heavy atom. The number of nitrogens with one attached hydrogen (secondary N) is 2. The van der Waals surface area contributed by atoms with E-state index in [4.69, 9.17) is 0 Å². The minimum absolute atomic E-state index is 0.129. The number of hydrogen-bond donors (Lipinski definition) is 2. The van der Waals surface area contributed by atoms with E-state index >= 15 is 0 Å². The highest BCUT2D eigenvalue weighted by molar-refractivity contribution is 9.10. The van der Waals surface area contributed by atoms with Crippen LogP contribution >= 0.6 is 27.7 Å². The molecule has 1 saturated heterocycles. The zero-order chi connectivity index (χ0) is 17.8. The van der Waals surface area contributed by atoms with Crippen LogP contribution in [0.3, 0.4) is 0 Å². The Bertz CT molecular complexity index is 848. The van der Waals surface area contributed by atoms with Gasteiger partial charge in [0.25, 0.3) is 17.1 Å². The first-order valence-electron chi connectivity index (χ1n) is 7.47. The van der Waals surface area contributed by atoms with Crippen molar-refractivity contribution in [2.75, 3.05) is 13.1 Å². The van der Waals surface area contributed by atoms with Crippen LogP contribution in [0.2, 0.25) is 0 Å². The van der Waals surface area contributed by atoms with Gasteiger partial charge in [-0.1, -0.05) is 30.3 Å².